The summed E-state index contributed by atoms with van der Waals surface area (Å²) in [6, 6.07) is 0. The van der Waals surface area contributed by atoms with Gasteiger partial charge in [-0.2, -0.15) is 0 Å². The molecule has 122 valence electrons. The molecule has 1 saturated heterocycles. The summed E-state index contributed by atoms with van der Waals surface area (Å²) < 4.78 is 8.15. The highest BCUT2D eigenvalue weighted by Gasteiger charge is 2.35. The second kappa shape index (κ2) is 5.98. The Morgan fingerprint density at radius 1 is 1.36 bits per heavy atom. The second-order valence-electron chi connectivity index (χ2n) is 6.31. The number of nitrogens with zero attached hydrogens (tertiary/aromatic N) is 2. The minimum atomic E-state index is -0.811. The normalized spacial score (nSPS) is 28.2. The quantitative estimate of drug-likeness (QED) is 0.783. The molecule has 1 aromatic heterocycles. The van der Waals surface area contributed by atoms with Gasteiger partial charge in [-0.25, -0.2) is 4.79 Å². The van der Waals surface area contributed by atoms with Crippen LogP contribution in [-0.2, 0) is 11.3 Å². The van der Waals surface area contributed by atoms with Crippen LogP contribution in [0.1, 0.15) is 37.5 Å². The van der Waals surface area contributed by atoms with Gasteiger partial charge in [-0.1, -0.05) is 12.8 Å². The van der Waals surface area contributed by atoms with E-state index >= 15 is 0 Å². The molecule has 7 nitrogen and oxygen atoms in total. The molecule has 0 aromatic carbocycles. The Bertz CT molecular complexity index is 661. The van der Waals surface area contributed by atoms with E-state index in [-0.39, 0.29) is 18.6 Å². The van der Waals surface area contributed by atoms with Crippen molar-refractivity contribution in [3.8, 4) is 0 Å². The zero-order valence-corrected chi connectivity index (χ0v) is 12.6. The molecule has 1 saturated carbocycles. The van der Waals surface area contributed by atoms with Crippen molar-refractivity contribution >= 4 is 0 Å². The number of aliphatic hydroxyl groups excluding tert-OH is 2. The van der Waals surface area contributed by atoms with Gasteiger partial charge in [0.15, 0.2) is 0 Å². The lowest BCUT2D eigenvalue weighted by Crippen LogP contribution is -2.42. The molecule has 2 N–H and O–H groups in total. The molecule has 3 atom stereocenters. The van der Waals surface area contributed by atoms with E-state index in [0.29, 0.717) is 18.0 Å². The van der Waals surface area contributed by atoms with Crippen LogP contribution in [-0.4, -0.2) is 38.2 Å². The predicted molar refractivity (Wildman–Crippen MR) is 78.7 cm³/mol. The largest absolute Gasteiger partial charge is 0.394 e. The van der Waals surface area contributed by atoms with E-state index in [1.807, 2.05) is 0 Å². The van der Waals surface area contributed by atoms with Gasteiger partial charge in [0.1, 0.15) is 12.3 Å². The van der Waals surface area contributed by atoms with Crippen molar-refractivity contribution < 1.29 is 14.9 Å². The Hall–Kier alpha value is -1.44. The monoisotopic (exact) mass is 310 g/mol. The minimum absolute atomic E-state index is 0.228. The first kappa shape index (κ1) is 15.5. The summed E-state index contributed by atoms with van der Waals surface area (Å²) in [7, 11) is 0. The van der Waals surface area contributed by atoms with E-state index in [9.17, 15) is 14.7 Å². The van der Waals surface area contributed by atoms with Gasteiger partial charge >= 0.3 is 5.69 Å². The minimum Gasteiger partial charge on any atom is -0.394 e. The summed E-state index contributed by atoms with van der Waals surface area (Å²) in [4.78, 5) is 24.8. The third kappa shape index (κ3) is 2.88. The number of hydrogen-bond donors (Lipinski definition) is 2. The van der Waals surface area contributed by atoms with E-state index in [2.05, 4.69) is 0 Å². The van der Waals surface area contributed by atoms with Gasteiger partial charge < -0.3 is 14.9 Å². The third-order valence-electron chi connectivity index (χ3n) is 4.52. The van der Waals surface area contributed by atoms with Crippen LogP contribution in [0.2, 0.25) is 0 Å². The van der Waals surface area contributed by atoms with Crippen LogP contribution >= 0.6 is 0 Å². The molecule has 2 fully saturated rings. The van der Waals surface area contributed by atoms with Crippen molar-refractivity contribution in [2.24, 2.45) is 5.92 Å². The molecule has 1 aliphatic heterocycles. The molecule has 0 unspecified atom stereocenters. The number of ether oxygens (including phenoxy) is 1. The summed E-state index contributed by atoms with van der Waals surface area (Å²) in [6.07, 6.45) is 2.74. The van der Waals surface area contributed by atoms with Crippen LogP contribution in [0.5, 0.6) is 0 Å². The maximum absolute atomic E-state index is 12.6. The van der Waals surface area contributed by atoms with Crippen LogP contribution < -0.4 is 11.2 Å². The van der Waals surface area contributed by atoms with Crippen molar-refractivity contribution in [3.05, 3.63) is 32.6 Å². The lowest BCUT2D eigenvalue weighted by atomic mass is 10.2. The van der Waals surface area contributed by atoms with Gasteiger partial charge in [0, 0.05) is 24.7 Å². The lowest BCUT2D eigenvalue weighted by Gasteiger charge is -2.17. The molecule has 22 heavy (non-hydrogen) atoms. The Labute approximate surface area is 127 Å². The Morgan fingerprint density at radius 2 is 2.09 bits per heavy atom. The van der Waals surface area contributed by atoms with Gasteiger partial charge in [0.25, 0.3) is 5.56 Å². The van der Waals surface area contributed by atoms with Crippen molar-refractivity contribution in [1.82, 2.24) is 9.13 Å². The first-order valence-corrected chi connectivity index (χ1v) is 7.78. The topological polar surface area (TPSA) is 93.7 Å². The predicted octanol–water partition coefficient (Wildman–Crippen LogP) is -0.241. The van der Waals surface area contributed by atoms with Gasteiger partial charge in [-0.15, -0.1) is 0 Å². The number of aliphatic hydroxyl groups is 2. The van der Waals surface area contributed by atoms with Crippen LogP contribution in [0, 0.1) is 12.8 Å². The molecule has 3 rings (SSSR count). The summed E-state index contributed by atoms with van der Waals surface area (Å²) >= 11 is 0. The van der Waals surface area contributed by atoms with Gasteiger partial charge in [-0.3, -0.25) is 13.9 Å². The fourth-order valence-electron chi connectivity index (χ4n) is 2.93. The summed E-state index contributed by atoms with van der Waals surface area (Å²) in [6.45, 7) is 1.79. The average Bonchev–Trinajstić information content (AvgIpc) is 3.24. The number of aromatic nitrogens is 2. The molecule has 2 aliphatic rings. The summed E-state index contributed by atoms with van der Waals surface area (Å²) in [5.41, 5.74) is -0.202. The molecule has 1 aliphatic carbocycles. The van der Waals surface area contributed by atoms with E-state index in [1.54, 1.807) is 6.92 Å². The standard InChI is InChI=1S/C15H22N2O5/c1-9-7-17(13-6-11(19)12(8-18)22-13)15(21)16(14(9)20)5-4-10-2-3-10/h7,10-13,18-19H,2-6,8H2,1H3/t11-,12+,13+/m0/s1. The molecule has 0 radical (unpaired) electrons. The SMILES string of the molecule is Cc1cn([C@H]2C[C@H](O)[C@@H](CO)O2)c(=O)n(CCC2CC2)c1=O. The third-order valence-corrected chi connectivity index (χ3v) is 4.52. The number of hydrogen-bond acceptors (Lipinski definition) is 5. The Balaban J connectivity index is 1.91. The molecular weight excluding hydrogens is 288 g/mol. The highest BCUT2D eigenvalue weighted by Crippen LogP contribution is 2.32. The Morgan fingerprint density at radius 3 is 2.68 bits per heavy atom. The Kier molecular flexibility index (Phi) is 4.20. The van der Waals surface area contributed by atoms with Crippen LogP contribution in [0.4, 0.5) is 0 Å². The van der Waals surface area contributed by atoms with E-state index in [1.165, 1.54) is 28.2 Å². The van der Waals surface area contributed by atoms with Crippen LogP contribution in [0.15, 0.2) is 15.8 Å². The van der Waals surface area contributed by atoms with Crippen molar-refractivity contribution in [3.63, 3.8) is 0 Å². The van der Waals surface area contributed by atoms with Crippen molar-refractivity contribution in [2.45, 2.75) is 57.6 Å². The van der Waals surface area contributed by atoms with Gasteiger partial charge in [0.05, 0.1) is 12.7 Å². The van der Waals surface area contributed by atoms with Gasteiger partial charge in [0.2, 0.25) is 0 Å². The summed E-state index contributed by atoms with van der Waals surface area (Å²) in [5, 5.41) is 19.0. The molecule has 0 amide bonds. The van der Waals surface area contributed by atoms with E-state index in [4.69, 9.17) is 9.84 Å². The van der Waals surface area contributed by atoms with Crippen LogP contribution in [0.25, 0.3) is 0 Å². The highest BCUT2D eigenvalue weighted by molar-refractivity contribution is 5.04. The van der Waals surface area contributed by atoms with Crippen molar-refractivity contribution in [1.29, 1.82) is 0 Å². The van der Waals surface area contributed by atoms with Crippen LogP contribution in [0.3, 0.4) is 0 Å². The number of rotatable bonds is 5. The maximum atomic E-state index is 12.6. The molecule has 1 aromatic rings. The smallest absolute Gasteiger partial charge is 0.333 e. The average molecular weight is 310 g/mol. The molecule has 7 heteroatoms. The molecule has 2 heterocycles. The second-order valence-corrected chi connectivity index (χ2v) is 6.31. The van der Waals surface area contributed by atoms with Crippen molar-refractivity contribution in [2.75, 3.05) is 6.61 Å². The summed E-state index contributed by atoms with van der Waals surface area (Å²) in [5.74, 6) is 0.628. The van der Waals surface area contributed by atoms with E-state index in [0.717, 1.165) is 6.42 Å². The lowest BCUT2D eigenvalue weighted by molar-refractivity contribution is -0.0464. The first-order chi connectivity index (χ1) is 10.5. The first-order valence-electron chi connectivity index (χ1n) is 7.78. The fraction of sp³-hybridized carbons (Fsp3) is 0.733. The molecule has 0 spiro atoms. The zero-order chi connectivity index (χ0) is 15.9. The molecule has 0 bridgehead atoms. The highest BCUT2D eigenvalue weighted by atomic mass is 16.5. The maximum Gasteiger partial charge on any atom is 0.333 e. The zero-order valence-electron chi connectivity index (χ0n) is 12.6. The van der Waals surface area contributed by atoms with E-state index < -0.39 is 24.1 Å². The molecular formula is C15H22N2O5. The van der Waals surface area contributed by atoms with Gasteiger partial charge in [-0.05, 0) is 19.3 Å². The number of aryl methyl sites for hydroxylation is 1. The fourth-order valence-corrected chi connectivity index (χ4v) is 2.93.